The van der Waals surface area contributed by atoms with Gasteiger partial charge in [0.25, 0.3) is 0 Å². The molecule has 5 nitrogen and oxygen atoms in total. The third kappa shape index (κ3) is 3.99. The average Bonchev–Trinajstić information content (AvgIpc) is 2.89. The van der Waals surface area contributed by atoms with Gasteiger partial charge in [-0.05, 0) is 41.7 Å². The van der Waals surface area contributed by atoms with Crippen LogP contribution in [0.15, 0.2) is 42.5 Å². The molecule has 5 heteroatoms. The third-order valence-corrected chi connectivity index (χ3v) is 4.92. The van der Waals surface area contributed by atoms with Gasteiger partial charge in [-0.2, -0.15) is 0 Å². The highest BCUT2D eigenvalue weighted by Gasteiger charge is 2.21. The molecule has 0 saturated heterocycles. The van der Waals surface area contributed by atoms with Crippen molar-refractivity contribution in [1.29, 1.82) is 0 Å². The first-order valence-electron chi connectivity index (χ1n) is 9.12. The first-order chi connectivity index (χ1) is 12.6. The molecule has 0 radical (unpaired) electrons. The maximum atomic E-state index is 12.9. The van der Waals surface area contributed by atoms with Crippen molar-refractivity contribution >= 4 is 11.7 Å². The van der Waals surface area contributed by atoms with E-state index >= 15 is 0 Å². The highest BCUT2D eigenvalue weighted by atomic mass is 16.5. The van der Waals surface area contributed by atoms with E-state index in [0.717, 1.165) is 34.5 Å². The van der Waals surface area contributed by atoms with Crippen molar-refractivity contribution < 1.29 is 14.6 Å². The molecule has 2 amide bonds. The van der Waals surface area contributed by atoms with Crippen LogP contribution in [0.5, 0.6) is 5.75 Å². The summed E-state index contributed by atoms with van der Waals surface area (Å²) in [5.74, 6) is 1.16. The Hall–Kier alpha value is -2.53. The van der Waals surface area contributed by atoms with Crippen LogP contribution in [0.1, 0.15) is 42.9 Å². The molecule has 1 atom stereocenters. The Kier molecular flexibility index (Phi) is 5.78. The Bertz CT molecular complexity index is 776. The van der Waals surface area contributed by atoms with Crippen LogP contribution in [0.25, 0.3) is 0 Å². The van der Waals surface area contributed by atoms with E-state index in [1.807, 2.05) is 36.4 Å². The van der Waals surface area contributed by atoms with E-state index in [2.05, 4.69) is 25.2 Å². The number of nitrogens with zero attached hydrogens (tertiary/aromatic N) is 1. The molecule has 2 N–H and O–H groups in total. The molecule has 0 fully saturated rings. The number of fused-ring (bicyclic) bond motifs is 1. The third-order valence-electron chi connectivity index (χ3n) is 4.92. The van der Waals surface area contributed by atoms with Gasteiger partial charge in [0.15, 0.2) is 0 Å². The van der Waals surface area contributed by atoms with Crippen LogP contribution in [0.3, 0.4) is 0 Å². The Morgan fingerprint density at radius 2 is 2.12 bits per heavy atom. The first-order valence-corrected chi connectivity index (χ1v) is 9.12. The zero-order valence-corrected chi connectivity index (χ0v) is 15.4. The van der Waals surface area contributed by atoms with E-state index in [4.69, 9.17) is 4.74 Å². The van der Waals surface area contributed by atoms with E-state index in [-0.39, 0.29) is 12.6 Å². The van der Waals surface area contributed by atoms with Gasteiger partial charge in [-0.25, -0.2) is 4.79 Å². The number of carbonyl (C=O) groups excluding carboxylic acids is 1. The minimum absolute atomic E-state index is 0.0260. The fourth-order valence-corrected chi connectivity index (χ4v) is 3.17. The molecule has 0 aliphatic carbocycles. The van der Waals surface area contributed by atoms with Crippen molar-refractivity contribution in [3.05, 3.63) is 59.2 Å². The molecule has 2 aromatic rings. The van der Waals surface area contributed by atoms with E-state index in [9.17, 15) is 9.90 Å². The van der Waals surface area contributed by atoms with Crippen LogP contribution >= 0.6 is 0 Å². The monoisotopic (exact) mass is 354 g/mol. The van der Waals surface area contributed by atoms with Crippen LogP contribution in [-0.4, -0.2) is 29.2 Å². The Morgan fingerprint density at radius 3 is 2.88 bits per heavy atom. The number of rotatable bonds is 4. The normalized spacial score (nSPS) is 14.8. The minimum atomic E-state index is -0.133. The largest absolute Gasteiger partial charge is 0.491 e. The van der Waals surface area contributed by atoms with Crippen LogP contribution in [0.4, 0.5) is 10.5 Å². The van der Waals surface area contributed by atoms with Crippen molar-refractivity contribution in [2.45, 2.75) is 39.3 Å². The van der Waals surface area contributed by atoms with Gasteiger partial charge in [0.05, 0.1) is 19.7 Å². The summed E-state index contributed by atoms with van der Waals surface area (Å²) in [4.78, 5) is 14.6. The van der Waals surface area contributed by atoms with E-state index < -0.39 is 0 Å². The topological polar surface area (TPSA) is 61.8 Å². The van der Waals surface area contributed by atoms with Crippen LogP contribution < -0.4 is 10.1 Å². The molecule has 1 aliphatic rings. The summed E-state index contributed by atoms with van der Waals surface area (Å²) < 4.78 is 5.75. The molecule has 0 bridgehead atoms. The predicted octanol–water partition coefficient (Wildman–Crippen LogP) is 4.12. The highest BCUT2D eigenvalue weighted by Crippen LogP contribution is 2.28. The van der Waals surface area contributed by atoms with Gasteiger partial charge in [-0.1, -0.05) is 38.1 Å². The summed E-state index contributed by atoms with van der Waals surface area (Å²) in [6, 6.07) is 13.4. The SMILES string of the molecule is CC[C@H](C)c1ccccc1NC(=O)N1CCOc2ccc(CO)cc2C1. The van der Waals surface area contributed by atoms with Crippen LogP contribution in [-0.2, 0) is 13.2 Å². The lowest BCUT2D eigenvalue weighted by atomic mass is 9.97. The van der Waals surface area contributed by atoms with Gasteiger partial charge in [-0.15, -0.1) is 0 Å². The fourth-order valence-electron chi connectivity index (χ4n) is 3.17. The number of carbonyl (C=O) groups is 1. The van der Waals surface area contributed by atoms with Gasteiger partial charge in [0.1, 0.15) is 12.4 Å². The quantitative estimate of drug-likeness (QED) is 0.868. The molecule has 0 unspecified atom stereocenters. The van der Waals surface area contributed by atoms with Gasteiger partial charge in [0, 0.05) is 11.3 Å². The number of amides is 2. The second kappa shape index (κ2) is 8.23. The summed E-state index contributed by atoms with van der Waals surface area (Å²) in [5, 5.41) is 12.4. The number of aliphatic hydroxyl groups is 1. The molecule has 1 heterocycles. The van der Waals surface area contributed by atoms with Crippen molar-refractivity contribution in [2.75, 3.05) is 18.5 Å². The summed E-state index contributed by atoms with van der Waals surface area (Å²) >= 11 is 0. The van der Waals surface area contributed by atoms with E-state index in [0.29, 0.717) is 25.6 Å². The van der Waals surface area contributed by atoms with Gasteiger partial charge < -0.3 is 20.1 Å². The van der Waals surface area contributed by atoms with Crippen molar-refractivity contribution in [3.63, 3.8) is 0 Å². The van der Waals surface area contributed by atoms with Gasteiger partial charge in [0.2, 0.25) is 0 Å². The fraction of sp³-hybridized carbons (Fsp3) is 0.381. The average molecular weight is 354 g/mol. The number of benzene rings is 2. The molecule has 26 heavy (non-hydrogen) atoms. The molecule has 0 aromatic heterocycles. The van der Waals surface area contributed by atoms with Crippen LogP contribution in [0, 0.1) is 0 Å². The number of hydrogen-bond acceptors (Lipinski definition) is 3. The minimum Gasteiger partial charge on any atom is -0.491 e. The summed E-state index contributed by atoms with van der Waals surface area (Å²) in [6.07, 6.45) is 1.02. The molecule has 1 aliphatic heterocycles. The molecular weight excluding hydrogens is 328 g/mol. The number of anilines is 1. The number of urea groups is 1. The summed E-state index contributed by atoms with van der Waals surface area (Å²) in [6.45, 7) is 5.71. The van der Waals surface area contributed by atoms with E-state index in [1.54, 1.807) is 4.90 Å². The first kappa shape index (κ1) is 18.3. The maximum absolute atomic E-state index is 12.9. The molecule has 138 valence electrons. The smallest absolute Gasteiger partial charge is 0.322 e. The Balaban J connectivity index is 1.78. The molecule has 0 saturated carbocycles. The highest BCUT2D eigenvalue weighted by molar-refractivity contribution is 5.90. The lowest BCUT2D eigenvalue weighted by Gasteiger charge is -2.22. The van der Waals surface area contributed by atoms with Crippen molar-refractivity contribution in [1.82, 2.24) is 4.90 Å². The van der Waals surface area contributed by atoms with Crippen molar-refractivity contribution in [2.24, 2.45) is 0 Å². The number of para-hydroxylation sites is 1. The summed E-state index contributed by atoms with van der Waals surface area (Å²) in [5.41, 5.74) is 3.75. The number of hydrogen-bond donors (Lipinski definition) is 2. The number of aliphatic hydroxyl groups excluding tert-OH is 1. The Morgan fingerprint density at radius 1 is 1.31 bits per heavy atom. The van der Waals surface area contributed by atoms with Crippen molar-refractivity contribution in [3.8, 4) is 5.75 Å². The number of ether oxygens (including phenoxy) is 1. The molecule has 2 aromatic carbocycles. The van der Waals surface area contributed by atoms with E-state index in [1.165, 1.54) is 0 Å². The second-order valence-corrected chi connectivity index (χ2v) is 6.70. The maximum Gasteiger partial charge on any atom is 0.322 e. The van der Waals surface area contributed by atoms with Crippen LogP contribution in [0.2, 0.25) is 0 Å². The lowest BCUT2D eigenvalue weighted by Crippen LogP contribution is -2.36. The molecular formula is C21H26N2O3. The molecule has 3 rings (SSSR count). The number of nitrogens with one attached hydrogen (secondary N) is 1. The predicted molar refractivity (Wildman–Crippen MR) is 102 cm³/mol. The Labute approximate surface area is 154 Å². The molecule has 0 spiro atoms. The lowest BCUT2D eigenvalue weighted by molar-refractivity contribution is 0.200. The van der Waals surface area contributed by atoms with Gasteiger partial charge >= 0.3 is 6.03 Å². The standard InChI is InChI=1S/C21H26N2O3/c1-3-15(2)18-6-4-5-7-19(18)22-21(25)23-10-11-26-20-9-8-16(14-24)12-17(20)13-23/h4-9,12,15,24H,3,10-11,13-14H2,1-2H3,(H,22,25)/t15-/m0/s1. The zero-order valence-electron chi connectivity index (χ0n) is 15.4. The zero-order chi connectivity index (χ0) is 18.5. The second-order valence-electron chi connectivity index (χ2n) is 6.70. The van der Waals surface area contributed by atoms with Gasteiger partial charge in [-0.3, -0.25) is 0 Å². The summed E-state index contributed by atoms with van der Waals surface area (Å²) in [7, 11) is 0.